The zero-order chi connectivity index (χ0) is 13.3. The Bertz CT molecular complexity index is 597. The molecule has 1 aromatic carbocycles. The van der Waals surface area contributed by atoms with Gasteiger partial charge in [-0.1, -0.05) is 22.9 Å². The lowest BCUT2D eigenvalue weighted by Gasteiger charge is -2.08. The van der Waals surface area contributed by atoms with Gasteiger partial charge in [-0.05, 0) is 55.6 Å². The first-order valence-corrected chi connectivity index (χ1v) is 7.58. The largest absolute Gasteiger partial charge is 0.318 e. The minimum atomic E-state index is -0.386. The van der Waals surface area contributed by atoms with E-state index in [2.05, 4.69) is 47.4 Å². The first-order valence-electron chi connectivity index (χ1n) is 4.42. The quantitative estimate of drug-likeness (QED) is 0.754. The molecule has 2 aromatic rings. The monoisotopic (exact) mass is 429 g/mol. The van der Waals surface area contributed by atoms with E-state index in [0.29, 0.717) is 19.7 Å². The summed E-state index contributed by atoms with van der Waals surface area (Å²) in [6.07, 6.45) is 0. The van der Waals surface area contributed by atoms with Gasteiger partial charge in [0, 0.05) is 14.0 Å². The van der Waals surface area contributed by atoms with Crippen molar-refractivity contribution in [3.05, 3.63) is 35.6 Å². The summed E-state index contributed by atoms with van der Waals surface area (Å²) >= 11 is 19.1. The maximum absolute atomic E-state index is 11.9. The summed E-state index contributed by atoms with van der Waals surface area (Å²) in [5.41, 5.74) is 0.565. The number of rotatable bonds is 2. The molecule has 0 bridgehead atoms. The van der Waals surface area contributed by atoms with E-state index in [-0.39, 0.29) is 15.4 Å². The van der Waals surface area contributed by atoms with Crippen molar-refractivity contribution in [2.45, 2.75) is 0 Å². The molecule has 0 radical (unpaired) electrons. The summed E-state index contributed by atoms with van der Waals surface area (Å²) in [6, 6.07) is 3.35. The highest BCUT2D eigenvalue weighted by Crippen LogP contribution is 2.34. The van der Waals surface area contributed by atoms with Gasteiger partial charge >= 0.3 is 0 Å². The Hall–Kier alpha value is -0.210. The average molecular weight is 432 g/mol. The Morgan fingerprint density at radius 2 is 1.83 bits per heavy atom. The molecule has 1 aromatic heterocycles. The normalized spacial score (nSPS) is 10.4. The zero-order valence-corrected chi connectivity index (χ0v) is 13.9. The molecule has 9 heteroatoms. The van der Waals surface area contributed by atoms with Gasteiger partial charge in [0.1, 0.15) is 0 Å². The molecule has 0 unspecified atom stereocenters. The predicted octanol–water partition coefficient (Wildman–Crippen LogP) is 4.62. The lowest BCUT2D eigenvalue weighted by Crippen LogP contribution is -2.12. The number of carbonyl (C=O) groups excluding carboxylic acids is 1. The number of amides is 1. The number of anilines is 1. The molecule has 0 spiro atoms. The van der Waals surface area contributed by atoms with Crippen molar-refractivity contribution in [1.82, 2.24) is 10.2 Å². The van der Waals surface area contributed by atoms with Crippen LogP contribution in [-0.2, 0) is 0 Å². The molecule has 0 fully saturated rings. The van der Waals surface area contributed by atoms with Crippen molar-refractivity contribution >= 4 is 78.0 Å². The SMILES string of the molecule is O=C(Nc1c(Br)cc(Cl)cc1Br)c1nnc(Cl)s1. The van der Waals surface area contributed by atoms with Crippen molar-refractivity contribution < 1.29 is 4.79 Å². The summed E-state index contributed by atoms with van der Waals surface area (Å²) in [7, 11) is 0. The van der Waals surface area contributed by atoms with Crippen LogP contribution in [0.5, 0.6) is 0 Å². The van der Waals surface area contributed by atoms with Gasteiger partial charge in [-0.2, -0.15) is 0 Å². The van der Waals surface area contributed by atoms with E-state index in [0.717, 1.165) is 11.3 Å². The number of hydrogen-bond acceptors (Lipinski definition) is 4. The van der Waals surface area contributed by atoms with Gasteiger partial charge in [-0.3, -0.25) is 4.79 Å². The molecule has 0 atom stereocenters. The molecular weight excluding hydrogens is 429 g/mol. The molecule has 0 aliphatic heterocycles. The number of carbonyl (C=O) groups is 1. The summed E-state index contributed by atoms with van der Waals surface area (Å²) in [6.45, 7) is 0. The second-order valence-corrected chi connectivity index (χ2v) is 6.76. The summed E-state index contributed by atoms with van der Waals surface area (Å²) in [5, 5.41) is 10.7. The Morgan fingerprint density at radius 3 is 2.33 bits per heavy atom. The Balaban J connectivity index is 2.27. The van der Waals surface area contributed by atoms with Crippen LogP contribution in [0.2, 0.25) is 9.49 Å². The number of hydrogen-bond donors (Lipinski definition) is 1. The van der Waals surface area contributed by atoms with Gasteiger partial charge in [0.05, 0.1) is 5.69 Å². The number of aromatic nitrogens is 2. The Morgan fingerprint density at radius 1 is 1.22 bits per heavy atom. The van der Waals surface area contributed by atoms with Gasteiger partial charge in [0.2, 0.25) is 9.47 Å². The van der Waals surface area contributed by atoms with E-state index in [9.17, 15) is 4.79 Å². The summed E-state index contributed by atoms with van der Waals surface area (Å²) in [5.74, 6) is -0.386. The zero-order valence-electron chi connectivity index (χ0n) is 8.38. The van der Waals surface area contributed by atoms with E-state index >= 15 is 0 Å². The van der Waals surface area contributed by atoms with Crippen LogP contribution in [0.15, 0.2) is 21.1 Å². The van der Waals surface area contributed by atoms with Crippen LogP contribution in [-0.4, -0.2) is 16.1 Å². The second-order valence-electron chi connectivity index (χ2n) is 3.06. The molecule has 1 amide bonds. The van der Waals surface area contributed by atoms with Crippen LogP contribution >= 0.6 is 66.4 Å². The van der Waals surface area contributed by atoms with E-state index in [4.69, 9.17) is 23.2 Å². The topological polar surface area (TPSA) is 54.9 Å². The standard InChI is InChI=1S/C9H3Br2Cl2N3OS/c10-4-1-3(12)2-5(11)6(4)14-7(17)8-15-16-9(13)18-8/h1-2H,(H,14,17). The molecule has 0 saturated carbocycles. The third-order valence-corrected chi connectivity index (χ3v) is 4.33. The lowest BCUT2D eigenvalue weighted by atomic mass is 10.3. The average Bonchev–Trinajstić information content (AvgIpc) is 2.70. The molecule has 2 rings (SSSR count). The summed E-state index contributed by atoms with van der Waals surface area (Å²) < 4.78 is 1.53. The van der Waals surface area contributed by atoms with Crippen LogP contribution in [0.25, 0.3) is 0 Å². The highest BCUT2D eigenvalue weighted by molar-refractivity contribution is 9.11. The fourth-order valence-corrected chi connectivity index (χ4v) is 3.72. The first-order chi connectivity index (χ1) is 8.47. The molecule has 4 nitrogen and oxygen atoms in total. The van der Waals surface area contributed by atoms with Crippen molar-refractivity contribution in [2.75, 3.05) is 5.32 Å². The first kappa shape index (κ1) is 14.2. The number of halogens is 4. The fourth-order valence-electron chi connectivity index (χ4n) is 1.13. The van der Waals surface area contributed by atoms with Crippen molar-refractivity contribution in [3.8, 4) is 0 Å². The van der Waals surface area contributed by atoms with Gasteiger partial charge < -0.3 is 5.32 Å². The Kier molecular flexibility index (Phi) is 4.60. The Labute approximate surface area is 133 Å². The van der Waals surface area contributed by atoms with Crippen LogP contribution < -0.4 is 5.32 Å². The number of nitrogens with zero attached hydrogens (tertiary/aromatic N) is 2. The molecule has 1 heterocycles. The fraction of sp³-hybridized carbons (Fsp3) is 0. The molecule has 0 aliphatic carbocycles. The predicted molar refractivity (Wildman–Crippen MR) is 79.7 cm³/mol. The van der Waals surface area contributed by atoms with Crippen molar-refractivity contribution in [1.29, 1.82) is 0 Å². The molecule has 1 N–H and O–H groups in total. The highest BCUT2D eigenvalue weighted by atomic mass is 79.9. The maximum Gasteiger partial charge on any atom is 0.286 e. The molecular formula is C9H3Br2Cl2N3OS. The van der Waals surface area contributed by atoms with E-state index in [1.807, 2.05) is 0 Å². The molecule has 94 valence electrons. The summed E-state index contributed by atoms with van der Waals surface area (Å²) in [4.78, 5) is 11.9. The second kappa shape index (κ2) is 5.83. The number of benzene rings is 1. The van der Waals surface area contributed by atoms with Gasteiger partial charge in [-0.25, -0.2) is 0 Å². The molecule has 0 saturated heterocycles. The third kappa shape index (κ3) is 3.21. The maximum atomic E-state index is 11.9. The van der Waals surface area contributed by atoms with E-state index < -0.39 is 0 Å². The van der Waals surface area contributed by atoms with Gasteiger partial charge in [0.25, 0.3) is 5.91 Å². The van der Waals surface area contributed by atoms with Crippen LogP contribution in [0.4, 0.5) is 5.69 Å². The van der Waals surface area contributed by atoms with Gasteiger partial charge in [-0.15, -0.1) is 10.2 Å². The highest BCUT2D eigenvalue weighted by Gasteiger charge is 2.15. The number of nitrogens with one attached hydrogen (secondary N) is 1. The van der Waals surface area contributed by atoms with E-state index in [1.165, 1.54) is 0 Å². The van der Waals surface area contributed by atoms with Crippen molar-refractivity contribution in [2.24, 2.45) is 0 Å². The van der Waals surface area contributed by atoms with Gasteiger partial charge in [0.15, 0.2) is 0 Å². The van der Waals surface area contributed by atoms with Crippen molar-refractivity contribution in [3.63, 3.8) is 0 Å². The van der Waals surface area contributed by atoms with E-state index in [1.54, 1.807) is 12.1 Å². The van der Waals surface area contributed by atoms with Crippen LogP contribution in [0.1, 0.15) is 9.80 Å². The minimum Gasteiger partial charge on any atom is -0.318 e. The van der Waals surface area contributed by atoms with Crippen LogP contribution in [0.3, 0.4) is 0 Å². The molecule has 18 heavy (non-hydrogen) atoms. The third-order valence-electron chi connectivity index (χ3n) is 1.84. The smallest absolute Gasteiger partial charge is 0.286 e. The lowest BCUT2D eigenvalue weighted by molar-refractivity contribution is 0.102. The molecule has 0 aliphatic rings. The van der Waals surface area contributed by atoms with Crippen LogP contribution in [0, 0.1) is 0 Å². The minimum absolute atomic E-state index is 0.189.